The summed E-state index contributed by atoms with van der Waals surface area (Å²) in [6.07, 6.45) is 3.09. The van der Waals surface area contributed by atoms with E-state index in [0.29, 0.717) is 25.3 Å². The Bertz CT molecular complexity index is 516. The van der Waals surface area contributed by atoms with Gasteiger partial charge in [-0.05, 0) is 43.7 Å². The number of rotatable bonds is 3. The number of nitrogens with zero attached hydrogens (tertiary/aromatic N) is 1. The van der Waals surface area contributed by atoms with E-state index in [-0.39, 0.29) is 16.9 Å². The highest BCUT2D eigenvalue weighted by molar-refractivity contribution is 5.81. The first-order chi connectivity index (χ1) is 10.3. The van der Waals surface area contributed by atoms with Crippen molar-refractivity contribution in [2.75, 3.05) is 13.1 Å². The molecule has 1 amide bonds. The molecule has 1 aromatic rings. The molecular formula is C18H25F2NO. The van der Waals surface area contributed by atoms with Crippen molar-refractivity contribution >= 4 is 5.91 Å². The van der Waals surface area contributed by atoms with Crippen molar-refractivity contribution in [1.82, 2.24) is 4.90 Å². The first-order valence-electron chi connectivity index (χ1n) is 8.01. The molecule has 1 fully saturated rings. The van der Waals surface area contributed by atoms with E-state index >= 15 is 0 Å². The van der Waals surface area contributed by atoms with Crippen LogP contribution in [0.4, 0.5) is 8.78 Å². The Hall–Kier alpha value is -1.45. The zero-order valence-corrected chi connectivity index (χ0v) is 13.7. The molecule has 1 aliphatic heterocycles. The van der Waals surface area contributed by atoms with Gasteiger partial charge in [0.2, 0.25) is 5.91 Å². The van der Waals surface area contributed by atoms with E-state index in [1.165, 1.54) is 18.2 Å². The second-order valence-electron chi connectivity index (χ2n) is 7.25. The van der Waals surface area contributed by atoms with Gasteiger partial charge in [0.1, 0.15) is 11.6 Å². The number of amides is 1. The van der Waals surface area contributed by atoms with Crippen molar-refractivity contribution in [3.8, 4) is 0 Å². The lowest BCUT2D eigenvalue weighted by atomic mass is 9.88. The van der Waals surface area contributed by atoms with Crippen LogP contribution in [0.3, 0.4) is 0 Å². The standard InChI is InChI=1S/C18H25F2NO/c1-18(2,3)17(22)21-11-5-6-13(12-21)9-10-14-15(19)7-4-8-16(14)20/h4,7-8,13H,5-6,9-12H2,1-3H3. The van der Waals surface area contributed by atoms with Crippen molar-refractivity contribution in [1.29, 1.82) is 0 Å². The summed E-state index contributed by atoms with van der Waals surface area (Å²) in [6, 6.07) is 3.99. The number of carbonyl (C=O) groups excluding carboxylic acids is 1. The van der Waals surface area contributed by atoms with E-state index in [1.807, 2.05) is 25.7 Å². The van der Waals surface area contributed by atoms with Crippen molar-refractivity contribution < 1.29 is 13.6 Å². The van der Waals surface area contributed by atoms with Crippen LogP contribution in [-0.2, 0) is 11.2 Å². The molecule has 0 aromatic heterocycles. The molecule has 0 N–H and O–H groups in total. The van der Waals surface area contributed by atoms with Gasteiger partial charge in [-0.1, -0.05) is 26.8 Å². The summed E-state index contributed by atoms with van der Waals surface area (Å²) in [4.78, 5) is 14.3. The normalized spacial score (nSPS) is 19.3. The number of hydrogen-bond donors (Lipinski definition) is 0. The number of carbonyl (C=O) groups is 1. The van der Waals surface area contributed by atoms with Gasteiger partial charge in [-0.2, -0.15) is 0 Å². The topological polar surface area (TPSA) is 20.3 Å². The van der Waals surface area contributed by atoms with Gasteiger partial charge >= 0.3 is 0 Å². The maximum absolute atomic E-state index is 13.7. The fraction of sp³-hybridized carbons (Fsp3) is 0.611. The molecule has 0 radical (unpaired) electrons. The van der Waals surface area contributed by atoms with E-state index in [4.69, 9.17) is 0 Å². The number of hydrogen-bond acceptors (Lipinski definition) is 1. The zero-order chi connectivity index (χ0) is 16.3. The predicted octanol–water partition coefficient (Wildman–Crippen LogP) is 4.18. The molecule has 0 aliphatic carbocycles. The molecular weight excluding hydrogens is 284 g/mol. The Morgan fingerprint density at radius 1 is 1.27 bits per heavy atom. The van der Waals surface area contributed by atoms with Gasteiger partial charge in [-0.3, -0.25) is 4.79 Å². The quantitative estimate of drug-likeness (QED) is 0.820. The molecule has 4 heteroatoms. The smallest absolute Gasteiger partial charge is 0.227 e. The van der Waals surface area contributed by atoms with E-state index < -0.39 is 11.6 Å². The van der Waals surface area contributed by atoms with Gasteiger partial charge in [0.05, 0.1) is 0 Å². The van der Waals surface area contributed by atoms with Crippen LogP contribution in [0.1, 0.15) is 45.6 Å². The van der Waals surface area contributed by atoms with Gasteiger partial charge in [0, 0.05) is 24.1 Å². The predicted molar refractivity (Wildman–Crippen MR) is 83.4 cm³/mol. The molecule has 1 heterocycles. The van der Waals surface area contributed by atoms with Crippen LogP contribution in [0.15, 0.2) is 18.2 Å². The molecule has 1 aliphatic rings. The van der Waals surface area contributed by atoms with Gasteiger partial charge in [0.15, 0.2) is 0 Å². The number of piperidine rings is 1. The molecule has 0 bridgehead atoms. The van der Waals surface area contributed by atoms with Gasteiger partial charge in [0.25, 0.3) is 0 Å². The highest BCUT2D eigenvalue weighted by atomic mass is 19.1. The summed E-state index contributed by atoms with van der Waals surface area (Å²) in [5.41, 5.74) is -0.207. The fourth-order valence-electron chi connectivity index (χ4n) is 3.08. The summed E-state index contributed by atoms with van der Waals surface area (Å²) in [7, 11) is 0. The van der Waals surface area contributed by atoms with Gasteiger partial charge in [-0.25, -0.2) is 8.78 Å². The molecule has 1 aromatic carbocycles. The highest BCUT2D eigenvalue weighted by Crippen LogP contribution is 2.26. The lowest BCUT2D eigenvalue weighted by Gasteiger charge is -2.36. The Balaban J connectivity index is 1.95. The van der Waals surface area contributed by atoms with Crippen LogP contribution in [0.2, 0.25) is 0 Å². The molecule has 2 nitrogen and oxygen atoms in total. The third kappa shape index (κ3) is 4.05. The summed E-state index contributed by atoms with van der Waals surface area (Å²) in [6.45, 7) is 7.27. The number of likely N-dealkylation sites (tertiary alicyclic amines) is 1. The van der Waals surface area contributed by atoms with Gasteiger partial charge < -0.3 is 4.90 Å². The third-order valence-corrected chi connectivity index (χ3v) is 4.31. The number of halogens is 2. The third-order valence-electron chi connectivity index (χ3n) is 4.31. The summed E-state index contributed by atoms with van der Waals surface area (Å²) in [5.74, 6) is -0.467. The van der Waals surface area contributed by atoms with Crippen LogP contribution in [-0.4, -0.2) is 23.9 Å². The van der Waals surface area contributed by atoms with E-state index in [1.54, 1.807) is 0 Å². The minimum absolute atomic E-state index is 0.161. The van der Waals surface area contributed by atoms with Crippen molar-refractivity contribution in [2.24, 2.45) is 11.3 Å². The van der Waals surface area contributed by atoms with E-state index in [0.717, 1.165) is 19.4 Å². The number of benzene rings is 1. The summed E-state index contributed by atoms with van der Waals surface area (Å²) >= 11 is 0. The fourth-order valence-corrected chi connectivity index (χ4v) is 3.08. The largest absolute Gasteiger partial charge is 0.342 e. The Labute approximate surface area is 131 Å². The Kier molecular flexibility index (Phi) is 5.20. The van der Waals surface area contributed by atoms with Crippen molar-refractivity contribution in [3.05, 3.63) is 35.4 Å². The van der Waals surface area contributed by atoms with Crippen LogP contribution in [0, 0.1) is 23.0 Å². The Morgan fingerprint density at radius 2 is 1.91 bits per heavy atom. The monoisotopic (exact) mass is 309 g/mol. The van der Waals surface area contributed by atoms with Gasteiger partial charge in [-0.15, -0.1) is 0 Å². The second-order valence-corrected chi connectivity index (χ2v) is 7.25. The van der Waals surface area contributed by atoms with Crippen LogP contribution >= 0.6 is 0 Å². The molecule has 1 atom stereocenters. The molecule has 122 valence electrons. The average molecular weight is 309 g/mol. The molecule has 0 spiro atoms. The minimum Gasteiger partial charge on any atom is -0.342 e. The van der Waals surface area contributed by atoms with Crippen LogP contribution in [0.5, 0.6) is 0 Å². The van der Waals surface area contributed by atoms with Crippen molar-refractivity contribution in [3.63, 3.8) is 0 Å². The molecule has 1 saturated heterocycles. The molecule has 1 unspecified atom stereocenters. The maximum atomic E-state index is 13.7. The summed E-state index contributed by atoms with van der Waals surface area (Å²) < 4.78 is 27.3. The molecule has 2 rings (SSSR count). The SMILES string of the molecule is CC(C)(C)C(=O)N1CCCC(CCc2c(F)cccc2F)C1. The first-order valence-corrected chi connectivity index (χ1v) is 8.01. The maximum Gasteiger partial charge on any atom is 0.227 e. The highest BCUT2D eigenvalue weighted by Gasteiger charge is 2.30. The lowest BCUT2D eigenvalue weighted by Crippen LogP contribution is -2.45. The summed E-state index contributed by atoms with van der Waals surface area (Å²) in [5, 5.41) is 0. The van der Waals surface area contributed by atoms with Crippen LogP contribution in [0.25, 0.3) is 0 Å². The zero-order valence-electron chi connectivity index (χ0n) is 13.7. The second kappa shape index (κ2) is 6.76. The lowest BCUT2D eigenvalue weighted by molar-refractivity contribution is -0.141. The molecule has 22 heavy (non-hydrogen) atoms. The molecule has 0 saturated carbocycles. The first kappa shape index (κ1) is 16.9. The van der Waals surface area contributed by atoms with Crippen molar-refractivity contribution in [2.45, 2.75) is 46.5 Å². The van der Waals surface area contributed by atoms with E-state index in [9.17, 15) is 13.6 Å². The van der Waals surface area contributed by atoms with E-state index in [2.05, 4.69) is 0 Å². The minimum atomic E-state index is -0.474. The average Bonchev–Trinajstić information content (AvgIpc) is 2.45. The Morgan fingerprint density at radius 3 is 2.50 bits per heavy atom. The van der Waals surface area contributed by atoms with Crippen LogP contribution < -0.4 is 0 Å².